The lowest BCUT2D eigenvalue weighted by Crippen LogP contribution is -2.27. The second-order valence-electron chi connectivity index (χ2n) is 7.30. The number of amides is 1. The molecule has 0 saturated heterocycles. The highest BCUT2D eigenvalue weighted by molar-refractivity contribution is 7.99. The zero-order valence-electron chi connectivity index (χ0n) is 17.5. The number of para-hydroxylation sites is 1. The number of hydrogen-bond acceptors (Lipinski definition) is 6. The number of nitrogens with zero attached hydrogens (tertiary/aromatic N) is 3. The van der Waals surface area contributed by atoms with Crippen LogP contribution in [-0.2, 0) is 4.79 Å². The van der Waals surface area contributed by atoms with Crippen LogP contribution in [0, 0.1) is 0 Å². The zero-order chi connectivity index (χ0) is 22.6. The minimum Gasteiger partial charge on any atom is -0.508 e. The van der Waals surface area contributed by atoms with E-state index in [1.807, 2.05) is 72.8 Å². The summed E-state index contributed by atoms with van der Waals surface area (Å²) in [5.41, 5.74) is 2.27. The largest absolute Gasteiger partial charge is 0.508 e. The fourth-order valence-corrected chi connectivity index (χ4v) is 4.12. The van der Waals surface area contributed by atoms with Gasteiger partial charge in [-0.3, -0.25) is 9.69 Å². The maximum absolute atomic E-state index is 13.4. The lowest BCUT2D eigenvalue weighted by Gasteiger charge is -2.23. The van der Waals surface area contributed by atoms with Crippen molar-refractivity contribution >= 4 is 39.8 Å². The zero-order valence-corrected chi connectivity index (χ0v) is 18.3. The molecule has 6 nitrogen and oxygen atoms in total. The Bertz CT molecular complexity index is 1400. The summed E-state index contributed by atoms with van der Waals surface area (Å²) in [5, 5.41) is 20.0. The van der Waals surface area contributed by atoms with Crippen LogP contribution in [0.15, 0.2) is 107 Å². The molecule has 0 saturated carbocycles. The molecule has 0 aliphatic rings. The van der Waals surface area contributed by atoms with E-state index >= 15 is 0 Å². The Balaban J connectivity index is 1.38. The standard InChI is InChI=1S/C26H19N3O3S/c30-23-14-11-19(12-15-23)25-27-28-26(32-25)33-17-24(31)29(21-8-2-1-3-9-21)22-13-10-18-6-4-5-7-20(18)16-22/h1-16,30H,17H2. The van der Waals surface area contributed by atoms with E-state index in [2.05, 4.69) is 10.2 Å². The number of anilines is 2. The van der Waals surface area contributed by atoms with Crippen LogP contribution in [0.4, 0.5) is 11.4 Å². The van der Waals surface area contributed by atoms with Crippen molar-refractivity contribution < 1.29 is 14.3 Å². The van der Waals surface area contributed by atoms with Crippen molar-refractivity contribution in [3.8, 4) is 17.2 Å². The Morgan fingerprint density at radius 2 is 1.55 bits per heavy atom. The van der Waals surface area contributed by atoms with Crippen LogP contribution in [0.2, 0.25) is 0 Å². The fraction of sp³-hybridized carbons (Fsp3) is 0.0385. The number of fused-ring (bicyclic) bond motifs is 1. The molecule has 1 amide bonds. The molecule has 1 aromatic heterocycles. The number of aromatic nitrogens is 2. The Hall–Kier alpha value is -4.10. The molecule has 33 heavy (non-hydrogen) atoms. The van der Waals surface area contributed by atoms with E-state index in [0.29, 0.717) is 16.7 Å². The third kappa shape index (κ3) is 4.58. The summed E-state index contributed by atoms with van der Waals surface area (Å²) in [6, 6.07) is 30.1. The highest BCUT2D eigenvalue weighted by atomic mass is 32.2. The van der Waals surface area contributed by atoms with Gasteiger partial charge in [-0.05, 0) is 59.3 Å². The average molecular weight is 454 g/mol. The molecule has 162 valence electrons. The third-order valence-electron chi connectivity index (χ3n) is 5.09. The van der Waals surface area contributed by atoms with Gasteiger partial charge < -0.3 is 9.52 Å². The maximum atomic E-state index is 13.4. The number of phenols is 1. The first kappa shape index (κ1) is 20.8. The summed E-state index contributed by atoms with van der Waals surface area (Å²) in [5.74, 6) is 0.511. The number of aromatic hydroxyl groups is 1. The van der Waals surface area contributed by atoms with Crippen LogP contribution in [0.5, 0.6) is 5.75 Å². The van der Waals surface area contributed by atoms with Gasteiger partial charge in [0.2, 0.25) is 11.8 Å². The maximum Gasteiger partial charge on any atom is 0.277 e. The molecule has 0 bridgehead atoms. The van der Waals surface area contributed by atoms with E-state index in [9.17, 15) is 9.90 Å². The number of carbonyl (C=O) groups excluding carboxylic acids is 1. The molecular weight excluding hydrogens is 434 g/mol. The Kier molecular flexibility index (Phi) is 5.78. The molecule has 0 radical (unpaired) electrons. The quantitative estimate of drug-likeness (QED) is 0.315. The lowest BCUT2D eigenvalue weighted by molar-refractivity contribution is -0.115. The lowest BCUT2D eigenvalue weighted by atomic mass is 10.1. The molecule has 0 fully saturated rings. The first-order valence-corrected chi connectivity index (χ1v) is 11.3. The Labute approximate surface area is 194 Å². The van der Waals surface area contributed by atoms with Gasteiger partial charge >= 0.3 is 0 Å². The number of hydrogen-bond donors (Lipinski definition) is 1. The van der Waals surface area contributed by atoms with Gasteiger partial charge in [-0.1, -0.05) is 60.3 Å². The molecule has 4 aromatic carbocycles. The molecule has 1 heterocycles. The number of rotatable bonds is 6. The Morgan fingerprint density at radius 3 is 2.33 bits per heavy atom. The predicted molar refractivity (Wildman–Crippen MR) is 130 cm³/mol. The minimum absolute atomic E-state index is 0.106. The molecule has 0 spiro atoms. The predicted octanol–water partition coefficient (Wildman–Crippen LogP) is 6.05. The van der Waals surface area contributed by atoms with Crippen LogP contribution in [0.1, 0.15) is 0 Å². The first-order valence-electron chi connectivity index (χ1n) is 10.3. The van der Waals surface area contributed by atoms with Gasteiger partial charge in [0.15, 0.2) is 0 Å². The van der Waals surface area contributed by atoms with Gasteiger partial charge in [0.1, 0.15) is 5.75 Å². The van der Waals surface area contributed by atoms with Crippen LogP contribution in [0.25, 0.3) is 22.2 Å². The van der Waals surface area contributed by atoms with Crippen LogP contribution in [-0.4, -0.2) is 27.0 Å². The van der Waals surface area contributed by atoms with E-state index in [1.165, 1.54) is 11.8 Å². The summed E-state index contributed by atoms with van der Waals surface area (Å²) in [4.78, 5) is 15.1. The second kappa shape index (κ2) is 9.18. The number of phenolic OH excluding ortho intramolecular Hbond substituents is 1. The first-order chi connectivity index (χ1) is 16.2. The van der Waals surface area contributed by atoms with Gasteiger partial charge in [0.05, 0.1) is 5.75 Å². The number of benzene rings is 4. The number of thioether (sulfide) groups is 1. The van der Waals surface area contributed by atoms with Crippen LogP contribution in [0.3, 0.4) is 0 Å². The van der Waals surface area contributed by atoms with Gasteiger partial charge in [-0.25, -0.2) is 0 Å². The summed E-state index contributed by atoms with van der Waals surface area (Å²) >= 11 is 1.19. The summed E-state index contributed by atoms with van der Waals surface area (Å²) in [6.07, 6.45) is 0. The third-order valence-corrected chi connectivity index (χ3v) is 5.90. The van der Waals surface area contributed by atoms with Gasteiger partial charge in [-0.15, -0.1) is 10.2 Å². The fourth-order valence-electron chi connectivity index (χ4n) is 3.51. The van der Waals surface area contributed by atoms with Crippen molar-refractivity contribution in [2.75, 3.05) is 10.7 Å². The Morgan fingerprint density at radius 1 is 0.818 bits per heavy atom. The van der Waals surface area contributed by atoms with Crippen molar-refractivity contribution in [2.45, 2.75) is 5.22 Å². The normalized spacial score (nSPS) is 10.9. The van der Waals surface area contributed by atoms with Crippen molar-refractivity contribution in [1.82, 2.24) is 10.2 Å². The highest BCUT2D eigenvalue weighted by Crippen LogP contribution is 2.31. The van der Waals surface area contributed by atoms with Gasteiger partial charge in [0, 0.05) is 16.9 Å². The topological polar surface area (TPSA) is 79.5 Å². The van der Waals surface area contributed by atoms with E-state index in [0.717, 1.165) is 22.1 Å². The van der Waals surface area contributed by atoms with Crippen molar-refractivity contribution in [3.05, 3.63) is 97.1 Å². The van der Waals surface area contributed by atoms with E-state index in [-0.39, 0.29) is 17.4 Å². The van der Waals surface area contributed by atoms with Gasteiger partial charge in [-0.2, -0.15) is 0 Å². The monoisotopic (exact) mass is 453 g/mol. The number of carbonyl (C=O) groups is 1. The molecule has 5 aromatic rings. The highest BCUT2D eigenvalue weighted by Gasteiger charge is 2.20. The molecular formula is C26H19N3O3S. The smallest absolute Gasteiger partial charge is 0.277 e. The summed E-state index contributed by atoms with van der Waals surface area (Å²) < 4.78 is 5.70. The van der Waals surface area contributed by atoms with Crippen molar-refractivity contribution in [3.63, 3.8) is 0 Å². The van der Waals surface area contributed by atoms with E-state index in [1.54, 1.807) is 29.2 Å². The average Bonchev–Trinajstić information content (AvgIpc) is 3.33. The molecule has 0 aliphatic carbocycles. The molecule has 7 heteroatoms. The summed E-state index contributed by atoms with van der Waals surface area (Å²) in [6.45, 7) is 0. The SMILES string of the molecule is O=C(CSc1nnc(-c2ccc(O)cc2)o1)N(c1ccccc1)c1ccc2ccccc2c1. The van der Waals surface area contributed by atoms with Gasteiger partial charge in [0.25, 0.3) is 5.22 Å². The minimum atomic E-state index is -0.106. The van der Waals surface area contributed by atoms with Crippen molar-refractivity contribution in [2.24, 2.45) is 0 Å². The molecule has 1 N–H and O–H groups in total. The molecule has 0 aliphatic heterocycles. The molecule has 0 unspecified atom stereocenters. The van der Waals surface area contributed by atoms with Crippen molar-refractivity contribution in [1.29, 1.82) is 0 Å². The van der Waals surface area contributed by atoms with Crippen LogP contribution < -0.4 is 4.90 Å². The second-order valence-corrected chi connectivity index (χ2v) is 8.23. The molecule has 0 atom stereocenters. The summed E-state index contributed by atoms with van der Waals surface area (Å²) in [7, 11) is 0. The molecule has 5 rings (SSSR count). The van der Waals surface area contributed by atoms with Crippen LogP contribution >= 0.6 is 11.8 Å². The van der Waals surface area contributed by atoms with E-state index in [4.69, 9.17) is 4.42 Å². The van der Waals surface area contributed by atoms with E-state index < -0.39 is 0 Å².